The molecule has 0 unspecified atom stereocenters. The number of hydrogen-bond donors (Lipinski definition) is 3. The number of nitrogen functional groups attached to an aromatic ring is 1. The number of aromatic nitrogens is 2. The molecule has 0 atom stereocenters. The summed E-state index contributed by atoms with van der Waals surface area (Å²) in [5, 5.41) is 21.4. The largest absolute Gasteiger partial charge is 0.396 e. The predicted octanol–water partition coefficient (Wildman–Crippen LogP) is -1.72. The minimum absolute atomic E-state index is 0.0528. The fraction of sp³-hybridized carbons (Fsp3) is 0.556. The van der Waals surface area contributed by atoms with E-state index < -0.39 is 0 Å². The van der Waals surface area contributed by atoms with Gasteiger partial charge in [0.1, 0.15) is 6.54 Å². The molecule has 0 spiro atoms. The molecule has 0 fully saturated rings. The molecule has 1 aromatic rings. The Kier molecular flexibility index (Phi) is 4.74. The van der Waals surface area contributed by atoms with Crippen molar-refractivity contribution in [3.05, 3.63) is 12.4 Å². The van der Waals surface area contributed by atoms with Gasteiger partial charge in [-0.05, 0) is 0 Å². The first-order valence-electron chi connectivity index (χ1n) is 4.94. The van der Waals surface area contributed by atoms with E-state index in [0.717, 1.165) is 0 Å². The Morgan fingerprint density at radius 1 is 1.44 bits per heavy atom. The number of carbonyl (C=O) groups is 1. The summed E-state index contributed by atoms with van der Waals surface area (Å²) in [6.45, 7) is 0.198. The molecule has 0 bridgehead atoms. The van der Waals surface area contributed by atoms with Gasteiger partial charge in [0, 0.05) is 19.3 Å². The maximum absolute atomic E-state index is 11.7. The highest BCUT2D eigenvalue weighted by molar-refractivity contribution is 5.76. The molecule has 0 aromatic carbocycles. The predicted molar refractivity (Wildman–Crippen MR) is 57.4 cm³/mol. The smallest absolute Gasteiger partial charge is 0.244 e. The topological polar surface area (TPSA) is 105 Å². The lowest BCUT2D eigenvalue weighted by atomic mass is 10.4. The highest BCUT2D eigenvalue weighted by Crippen LogP contribution is 1.99. The summed E-state index contributed by atoms with van der Waals surface area (Å²) in [5.74, 6) is -0.216. The number of aliphatic hydroxyl groups is 2. The molecule has 0 aliphatic carbocycles. The number of rotatable bonds is 6. The van der Waals surface area contributed by atoms with E-state index in [0.29, 0.717) is 5.69 Å². The van der Waals surface area contributed by atoms with Gasteiger partial charge >= 0.3 is 0 Å². The van der Waals surface area contributed by atoms with Crippen LogP contribution in [0.25, 0.3) is 0 Å². The van der Waals surface area contributed by atoms with E-state index in [9.17, 15) is 4.79 Å². The average molecular weight is 228 g/mol. The van der Waals surface area contributed by atoms with Gasteiger partial charge < -0.3 is 20.8 Å². The van der Waals surface area contributed by atoms with Crippen LogP contribution in [-0.2, 0) is 11.3 Å². The number of anilines is 1. The number of aliphatic hydroxyl groups excluding tert-OH is 2. The van der Waals surface area contributed by atoms with Crippen LogP contribution in [0.4, 0.5) is 5.69 Å². The standard InChI is InChI=1S/C9H16N4O3/c10-8-5-11-13(6-8)7-9(16)12(1-3-14)2-4-15/h5-6,14-15H,1-4,7,10H2. The van der Waals surface area contributed by atoms with Crippen molar-refractivity contribution >= 4 is 11.6 Å². The van der Waals surface area contributed by atoms with Crippen molar-refractivity contribution in [1.29, 1.82) is 0 Å². The molecule has 7 heteroatoms. The molecule has 1 aromatic heterocycles. The molecular formula is C9H16N4O3. The third-order valence-electron chi connectivity index (χ3n) is 2.04. The van der Waals surface area contributed by atoms with Crippen molar-refractivity contribution in [1.82, 2.24) is 14.7 Å². The van der Waals surface area contributed by atoms with Gasteiger partial charge in [0.2, 0.25) is 5.91 Å². The third kappa shape index (κ3) is 3.52. The number of carbonyl (C=O) groups excluding carboxylic acids is 1. The van der Waals surface area contributed by atoms with Crippen LogP contribution in [0.15, 0.2) is 12.4 Å². The summed E-state index contributed by atoms with van der Waals surface area (Å²) in [6.07, 6.45) is 3.00. The van der Waals surface area contributed by atoms with Crippen LogP contribution in [0.5, 0.6) is 0 Å². The SMILES string of the molecule is Nc1cnn(CC(=O)N(CCO)CCO)c1. The minimum atomic E-state index is -0.216. The lowest BCUT2D eigenvalue weighted by molar-refractivity contribution is -0.133. The van der Waals surface area contributed by atoms with Gasteiger partial charge in [-0.25, -0.2) is 0 Å². The van der Waals surface area contributed by atoms with Gasteiger partial charge in [0.15, 0.2) is 0 Å². The highest BCUT2D eigenvalue weighted by Gasteiger charge is 2.13. The molecule has 0 saturated heterocycles. The molecule has 0 saturated carbocycles. The first-order valence-corrected chi connectivity index (χ1v) is 4.94. The molecule has 7 nitrogen and oxygen atoms in total. The Labute approximate surface area is 93.1 Å². The second-order valence-electron chi connectivity index (χ2n) is 3.30. The fourth-order valence-corrected chi connectivity index (χ4v) is 1.31. The third-order valence-corrected chi connectivity index (χ3v) is 2.04. The van der Waals surface area contributed by atoms with Gasteiger partial charge in [-0.1, -0.05) is 0 Å². The van der Waals surface area contributed by atoms with Crippen LogP contribution in [0, 0.1) is 0 Å². The monoisotopic (exact) mass is 228 g/mol. The molecule has 16 heavy (non-hydrogen) atoms. The van der Waals surface area contributed by atoms with Crippen LogP contribution in [-0.4, -0.2) is 57.1 Å². The number of amides is 1. The molecule has 0 aliphatic heterocycles. The summed E-state index contributed by atoms with van der Waals surface area (Å²) in [5.41, 5.74) is 5.95. The van der Waals surface area contributed by atoms with Gasteiger partial charge in [0.25, 0.3) is 0 Å². The zero-order chi connectivity index (χ0) is 12.0. The first-order chi connectivity index (χ1) is 7.67. The molecule has 0 aliphatic rings. The fourth-order valence-electron chi connectivity index (χ4n) is 1.31. The van der Waals surface area contributed by atoms with Crippen LogP contribution in [0.1, 0.15) is 0 Å². The summed E-state index contributed by atoms with van der Waals surface area (Å²) < 4.78 is 1.42. The zero-order valence-corrected chi connectivity index (χ0v) is 8.91. The maximum Gasteiger partial charge on any atom is 0.244 e. The van der Waals surface area contributed by atoms with Gasteiger partial charge in [-0.2, -0.15) is 5.10 Å². The van der Waals surface area contributed by atoms with Crippen LogP contribution in [0.3, 0.4) is 0 Å². The first kappa shape index (κ1) is 12.5. The summed E-state index contributed by atoms with van der Waals surface area (Å²) >= 11 is 0. The second-order valence-corrected chi connectivity index (χ2v) is 3.30. The van der Waals surface area contributed by atoms with Crippen molar-refractivity contribution in [2.75, 3.05) is 32.0 Å². The van der Waals surface area contributed by atoms with E-state index in [1.54, 1.807) is 6.20 Å². The Morgan fingerprint density at radius 3 is 2.50 bits per heavy atom. The van der Waals surface area contributed by atoms with Crippen molar-refractivity contribution in [2.24, 2.45) is 0 Å². The van der Waals surface area contributed by atoms with Crippen molar-refractivity contribution in [3.63, 3.8) is 0 Å². The van der Waals surface area contributed by atoms with E-state index in [4.69, 9.17) is 15.9 Å². The molecule has 1 amide bonds. The normalized spacial score (nSPS) is 10.4. The minimum Gasteiger partial charge on any atom is -0.396 e. The van der Waals surface area contributed by atoms with Crippen LogP contribution >= 0.6 is 0 Å². The second kappa shape index (κ2) is 6.09. The lowest BCUT2D eigenvalue weighted by Gasteiger charge is -2.20. The highest BCUT2D eigenvalue weighted by atomic mass is 16.3. The van der Waals surface area contributed by atoms with Crippen molar-refractivity contribution in [2.45, 2.75) is 6.54 Å². The van der Waals surface area contributed by atoms with Crippen molar-refractivity contribution < 1.29 is 15.0 Å². The Bertz CT molecular complexity index is 333. The number of nitrogens with zero attached hydrogens (tertiary/aromatic N) is 3. The Hall–Kier alpha value is -1.60. The van der Waals surface area contributed by atoms with E-state index in [1.807, 2.05) is 0 Å². The molecule has 0 radical (unpaired) electrons. The van der Waals surface area contributed by atoms with Gasteiger partial charge in [-0.15, -0.1) is 0 Å². The van der Waals surface area contributed by atoms with E-state index in [2.05, 4.69) is 5.10 Å². The van der Waals surface area contributed by atoms with E-state index in [-0.39, 0.29) is 38.8 Å². The molecular weight excluding hydrogens is 212 g/mol. The molecule has 90 valence electrons. The van der Waals surface area contributed by atoms with Crippen LogP contribution in [0.2, 0.25) is 0 Å². The quantitative estimate of drug-likeness (QED) is 0.537. The summed E-state index contributed by atoms with van der Waals surface area (Å²) in [6, 6.07) is 0. The van der Waals surface area contributed by atoms with E-state index >= 15 is 0 Å². The van der Waals surface area contributed by atoms with Crippen molar-refractivity contribution in [3.8, 4) is 0 Å². The Balaban J connectivity index is 2.54. The van der Waals surface area contributed by atoms with Gasteiger partial charge in [0.05, 0.1) is 25.1 Å². The molecule has 1 rings (SSSR count). The zero-order valence-electron chi connectivity index (χ0n) is 8.91. The molecule has 4 N–H and O–H groups in total. The average Bonchev–Trinajstić information content (AvgIpc) is 2.63. The molecule has 1 heterocycles. The maximum atomic E-state index is 11.7. The van der Waals surface area contributed by atoms with Gasteiger partial charge in [-0.3, -0.25) is 9.48 Å². The number of nitrogens with two attached hydrogens (primary N) is 1. The van der Waals surface area contributed by atoms with E-state index in [1.165, 1.54) is 15.8 Å². The summed E-state index contributed by atoms with van der Waals surface area (Å²) in [4.78, 5) is 13.1. The Morgan fingerprint density at radius 2 is 2.06 bits per heavy atom. The number of hydrogen-bond acceptors (Lipinski definition) is 5. The summed E-state index contributed by atoms with van der Waals surface area (Å²) in [7, 11) is 0. The lowest BCUT2D eigenvalue weighted by Crippen LogP contribution is -2.38. The van der Waals surface area contributed by atoms with Crippen LogP contribution < -0.4 is 5.73 Å².